The highest BCUT2D eigenvalue weighted by Crippen LogP contribution is 2.25. The molecular weight excluding hydrogens is 286 g/mol. The van der Waals surface area contributed by atoms with Crippen molar-refractivity contribution < 1.29 is 5.11 Å². The van der Waals surface area contributed by atoms with Crippen LogP contribution in [0.1, 0.15) is 4.88 Å². The maximum absolute atomic E-state index is 9.29. The minimum Gasteiger partial charge on any atom is -0.390 e. The van der Waals surface area contributed by atoms with E-state index in [1.807, 2.05) is 12.1 Å². The number of alkyl halides is 1. The summed E-state index contributed by atoms with van der Waals surface area (Å²) in [5.41, 5.74) is 0.793. The number of halogens is 2. The first kappa shape index (κ1) is 12.0. The molecular formula is C9H11BrClNOS. The van der Waals surface area contributed by atoms with E-state index >= 15 is 0 Å². The summed E-state index contributed by atoms with van der Waals surface area (Å²) in [5.74, 6) is 0. The molecule has 0 spiro atoms. The summed E-state index contributed by atoms with van der Waals surface area (Å²) in [7, 11) is 0. The Kier molecular flexibility index (Phi) is 4.95. The summed E-state index contributed by atoms with van der Waals surface area (Å²) in [4.78, 5) is 0.997. The first-order valence-corrected chi connectivity index (χ1v) is 6.37. The Bertz CT molecular complexity index is 316. The number of nitrogens with one attached hydrogen (secondary N) is 1. The molecule has 1 heterocycles. The van der Waals surface area contributed by atoms with Gasteiger partial charge in [0, 0.05) is 17.6 Å². The Morgan fingerprint density at radius 3 is 2.93 bits per heavy atom. The Balaban J connectivity index is 2.43. The van der Waals surface area contributed by atoms with Gasteiger partial charge in [-0.25, -0.2) is 0 Å². The Labute approximate surface area is 101 Å². The van der Waals surface area contributed by atoms with E-state index in [4.69, 9.17) is 11.6 Å². The van der Waals surface area contributed by atoms with Crippen LogP contribution >= 0.6 is 38.9 Å². The third-order valence-electron chi connectivity index (χ3n) is 1.60. The zero-order valence-corrected chi connectivity index (χ0v) is 10.6. The van der Waals surface area contributed by atoms with Crippen LogP contribution in [0.2, 0.25) is 4.34 Å². The van der Waals surface area contributed by atoms with Gasteiger partial charge in [0.15, 0.2) is 0 Å². The van der Waals surface area contributed by atoms with Gasteiger partial charge in [-0.2, -0.15) is 0 Å². The first-order valence-electron chi connectivity index (χ1n) is 4.06. The standard InChI is InChI=1S/C9H11BrClNOS/c1-6(12-5-7(13)4-10)8-2-3-9(11)14-8/h2-3,7,12-13H,1,4-5H2/t7-/m1/s1. The second-order valence-electron chi connectivity index (χ2n) is 2.77. The predicted molar refractivity (Wildman–Crippen MR) is 66.2 cm³/mol. The topological polar surface area (TPSA) is 32.3 Å². The number of thiophene rings is 1. The van der Waals surface area contributed by atoms with Gasteiger partial charge < -0.3 is 10.4 Å². The fourth-order valence-corrected chi connectivity index (χ4v) is 2.08. The van der Waals surface area contributed by atoms with Crippen LogP contribution in [0.25, 0.3) is 5.70 Å². The van der Waals surface area contributed by atoms with Crippen molar-refractivity contribution in [2.24, 2.45) is 0 Å². The van der Waals surface area contributed by atoms with Gasteiger partial charge in [-0.15, -0.1) is 11.3 Å². The van der Waals surface area contributed by atoms with E-state index < -0.39 is 6.10 Å². The molecule has 0 bridgehead atoms. The predicted octanol–water partition coefficient (Wildman–Crippen LogP) is 2.72. The maximum atomic E-state index is 9.29. The number of rotatable bonds is 5. The van der Waals surface area contributed by atoms with Crippen LogP contribution in [-0.4, -0.2) is 23.1 Å². The molecule has 0 amide bonds. The Morgan fingerprint density at radius 1 is 1.71 bits per heavy atom. The van der Waals surface area contributed by atoms with Crippen LogP contribution < -0.4 is 5.32 Å². The van der Waals surface area contributed by atoms with Crippen molar-refractivity contribution in [3.8, 4) is 0 Å². The molecule has 1 rings (SSSR count). The van der Waals surface area contributed by atoms with E-state index in [0.717, 1.165) is 14.9 Å². The minimum absolute atomic E-state index is 0.401. The monoisotopic (exact) mass is 295 g/mol. The molecule has 78 valence electrons. The van der Waals surface area contributed by atoms with Crippen molar-refractivity contribution in [2.75, 3.05) is 11.9 Å². The SMILES string of the molecule is C=C(NC[C@H](O)CBr)c1ccc(Cl)s1. The van der Waals surface area contributed by atoms with E-state index in [-0.39, 0.29) is 0 Å². The van der Waals surface area contributed by atoms with E-state index in [2.05, 4.69) is 27.8 Å². The third kappa shape index (κ3) is 3.61. The van der Waals surface area contributed by atoms with Crippen LogP contribution in [0.3, 0.4) is 0 Å². The fraction of sp³-hybridized carbons (Fsp3) is 0.333. The summed E-state index contributed by atoms with van der Waals surface area (Å²) in [6.45, 7) is 4.34. The Hall–Kier alpha value is -0.0300. The molecule has 0 saturated carbocycles. The molecule has 0 fully saturated rings. The van der Waals surface area contributed by atoms with Crippen molar-refractivity contribution in [1.29, 1.82) is 0 Å². The van der Waals surface area contributed by atoms with Crippen molar-refractivity contribution >= 4 is 44.6 Å². The van der Waals surface area contributed by atoms with Gasteiger partial charge >= 0.3 is 0 Å². The number of hydrogen-bond acceptors (Lipinski definition) is 3. The lowest BCUT2D eigenvalue weighted by Crippen LogP contribution is -2.26. The summed E-state index contributed by atoms with van der Waals surface area (Å²) in [5, 5.41) is 12.9. The molecule has 0 aliphatic rings. The molecule has 0 radical (unpaired) electrons. The van der Waals surface area contributed by atoms with Crippen LogP contribution in [-0.2, 0) is 0 Å². The molecule has 0 aliphatic carbocycles. The van der Waals surface area contributed by atoms with Crippen LogP contribution in [0.5, 0.6) is 0 Å². The lowest BCUT2D eigenvalue weighted by Gasteiger charge is -2.10. The fourth-order valence-electron chi connectivity index (χ4n) is 0.859. The maximum Gasteiger partial charge on any atom is 0.0935 e. The molecule has 0 unspecified atom stereocenters. The Morgan fingerprint density at radius 2 is 2.43 bits per heavy atom. The smallest absolute Gasteiger partial charge is 0.0935 e. The highest BCUT2D eigenvalue weighted by molar-refractivity contribution is 9.09. The zero-order chi connectivity index (χ0) is 10.6. The summed E-state index contributed by atoms with van der Waals surface area (Å²) in [6, 6.07) is 3.73. The molecule has 0 saturated heterocycles. The second-order valence-corrected chi connectivity index (χ2v) is 5.13. The normalized spacial score (nSPS) is 12.5. The van der Waals surface area contributed by atoms with Crippen molar-refractivity contribution in [3.05, 3.63) is 27.9 Å². The van der Waals surface area contributed by atoms with Crippen molar-refractivity contribution in [2.45, 2.75) is 6.10 Å². The van der Waals surface area contributed by atoms with E-state index in [1.165, 1.54) is 11.3 Å². The van der Waals surface area contributed by atoms with E-state index in [9.17, 15) is 5.11 Å². The molecule has 0 aromatic carbocycles. The van der Waals surface area contributed by atoms with Gasteiger partial charge in [0.25, 0.3) is 0 Å². The minimum atomic E-state index is -0.401. The molecule has 0 aliphatic heterocycles. The zero-order valence-electron chi connectivity index (χ0n) is 7.46. The van der Waals surface area contributed by atoms with Crippen LogP contribution in [0.15, 0.2) is 18.7 Å². The molecule has 2 N–H and O–H groups in total. The average Bonchev–Trinajstić information content (AvgIpc) is 2.60. The summed E-state index contributed by atoms with van der Waals surface area (Å²) in [6.07, 6.45) is -0.401. The molecule has 14 heavy (non-hydrogen) atoms. The lowest BCUT2D eigenvalue weighted by atomic mass is 10.3. The summed E-state index contributed by atoms with van der Waals surface area (Å²) < 4.78 is 0.740. The van der Waals surface area contributed by atoms with E-state index in [0.29, 0.717) is 11.9 Å². The van der Waals surface area contributed by atoms with Gasteiger partial charge in [-0.05, 0) is 12.1 Å². The number of hydrogen-bond donors (Lipinski definition) is 2. The molecule has 1 aromatic heterocycles. The average molecular weight is 297 g/mol. The highest BCUT2D eigenvalue weighted by atomic mass is 79.9. The van der Waals surface area contributed by atoms with Crippen molar-refractivity contribution in [3.63, 3.8) is 0 Å². The van der Waals surface area contributed by atoms with Crippen LogP contribution in [0.4, 0.5) is 0 Å². The number of aliphatic hydroxyl groups is 1. The van der Waals surface area contributed by atoms with Gasteiger partial charge in [0.1, 0.15) is 0 Å². The quantitative estimate of drug-likeness (QED) is 0.819. The van der Waals surface area contributed by atoms with Crippen LogP contribution in [0, 0.1) is 0 Å². The van der Waals surface area contributed by atoms with Gasteiger partial charge in [-0.1, -0.05) is 34.1 Å². The third-order valence-corrected chi connectivity index (χ3v) is 3.64. The number of aliphatic hydroxyl groups excluding tert-OH is 1. The molecule has 1 aromatic rings. The molecule has 1 atom stereocenters. The van der Waals surface area contributed by atoms with Gasteiger partial charge in [0.2, 0.25) is 0 Å². The summed E-state index contributed by atoms with van der Waals surface area (Å²) >= 11 is 10.4. The second kappa shape index (κ2) is 5.75. The lowest BCUT2D eigenvalue weighted by molar-refractivity contribution is 0.203. The van der Waals surface area contributed by atoms with Gasteiger partial charge in [-0.3, -0.25) is 0 Å². The highest BCUT2D eigenvalue weighted by Gasteiger charge is 2.05. The van der Waals surface area contributed by atoms with Gasteiger partial charge in [0.05, 0.1) is 15.3 Å². The molecule has 2 nitrogen and oxygen atoms in total. The van der Waals surface area contributed by atoms with E-state index in [1.54, 1.807) is 0 Å². The molecule has 5 heteroatoms. The first-order chi connectivity index (χ1) is 6.63. The largest absolute Gasteiger partial charge is 0.390 e. The van der Waals surface area contributed by atoms with Crippen molar-refractivity contribution in [1.82, 2.24) is 5.32 Å².